The van der Waals surface area contributed by atoms with E-state index in [1.807, 2.05) is 98.7 Å². The number of nitrogens with one attached hydrogen (secondary N) is 7. The van der Waals surface area contributed by atoms with E-state index in [-0.39, 0.29) is 54.2 Å². The number of likely N-dealkylation sites (tertiary alicyclic amines) is 1. The molecule has 2 unspecified atom stereocenters. The minimum absolute atomic E-state index is 0.0101. The number of anilines is 6. The molecule has 6 fully saturated rings. The molecule has 32 heteroatoms. The first-order chi connectivity index (χ1) is 63.6. The number of allylic oxidation sites excluding steroid dienone is 1. The van der Waals surface area contributed by atoms with Crippen molar-refractivity contribution in [1.82, 2.24) is 70.4 Å². The summed E-state index contributed by atoms with van der Waals surface area (Å²) in [6, 6.07) is 34.0. The number of piperidine rings is 1. The molecule has 0 radical (unpaired) electrons. The van der Waals surface area contributed by atoms with Crippen molar-refractivity contribution >= 4 is 114 Å². The Kier molecular flexibility index (Phi) is 25.2. The zero-order valence-corrected chi connectivity index (χ0v) is 73.9. The van der Waals surface area contributed by atoms with E-state index in [0.29, 0.717) is 148 Å². The molecule has 4 aliphatic carbocycles. The molecule has 672 valence electrons. The van der Waals surface area contributed by atoms with Gasteiger partial charge in [0.05, 0.1) is 91.8 Å². The first-order valence-electron chi connectivity index (χ1n) is 45.0. The van der Waals surface area contributed by atoms with Gasteiger partial charge < -0.3 is 97.3 Å². The van der Waals surface area contributed by atoms with Crippen LogP contribution in [0, 0.1) is 20.8 Å². The highest BCUT2D eigenvalue weighted by Crippen LogP contribution is 2.45. The summed E-state index contributed by atoms with van der Waals surface area (Å²) < 4.78 is 70.4. The van der Waals surface area contributed by atoms with Crippen molar-refractivity contribution in [1.29, 1.82) is 0 Å². The number of fused-ring (bicyclic) bond motifs is 6. The number of ether oxygens (including phenoxy) is 9. The molecule has 0 spiro atoms. The monoisotopic (exact) mass is 1760 g/mol. The highest BCUT2D eigenvalue weighted by atomic mass is 16.5. The minimum atomic E-state index is -0.164. The maximum Gasteiger partial charge on any atom is 0.253 e. The average Bonchev–Trinajstić information content (AvgIpc) is 1.61. The van der Waals surface area contributed by atoms with Crippen LogP contribution in [0.2, 0.25) is 0 Å². The van der Waals surface area contributed by atoms with Crippen LogP contribution in [-0.4, -0.2) is 182 Å². The second-order valence-corrected chi connectivity index (χ2v) is 34.0. The summed E-state index contributed by atoms with van der Waals surface area (Å²) in [6.45, 7) is 9.42. The molecule has 3 amide bonds. The first kappa shape index (κ1) is 85.7. The van der Waals surface area contributed by atoms with Gasteiger partial charge in [-0.3, -0.25) is 14.4 Å². The van der Waals surface area contributed by atoms with Gasteiger partial charge in [0.1, 0.15) is 63.4 Å². The molecule has 2 atom stereocenters. The molecule has 130 heavy (non-hydrogen) atoms. The van der Waals surface area contributed by atoms with E-state index in [4.69, 9.17) is 85.8 Å². The van der Waals surface area contributed by atoms with E-state index in [0.717, 1.165) is 218 Å². The number of nitrogens with zero attached hydrogens (tertiary/aromatic N) is 10. The third kappa shape index (κ3) is 18.9. The van der Waals surface area contributed by atoms with Crippen LogP contribution in [0.15, 0.2) is 141 Å². The lowest BCUT2D eigenvalue weighted by molar-refractivity contribution is 0.0350. The molecule has 3 aliphatic heterocycles. The van der Waals surface area contributed by atoms with Crippen LogP contribution >= 0.6 is 0 Å². The molecule has 3 saturated carbocycles. The van der Waals surface area contributed by atoms with Crippen LogP contribution in [0.3, 0.4) is 0 Å². The fourth-order valence-corrected chi connectivity index (χ4v) is 18.3. The first-order valence-corrected chi connectivity index (χ1v) is 45.0. The molecule has 0 bridgehead atoms. The smallest absolute Gasteiger partial charge is 0.253 e. The lowest BCUT2D eigenvalue weighted by atomic mass is 10.0. The maximum absolute atomic E-state index is 13.2. The van der Waals surface area contributed by atoms with E-state index < -0.39 is 0 Å². The molecule has 11 heterocycles. The van der Waals surface area contributed by atoms with Gasteiger partial charge in [-0.1, -0.05) is 24.3 Å². The Hall–Kier alpha value is -13.7. The second-order valence-electron chi connectivity index (χ2n) is 34.0. The highest BCUT2D eigenvalue weighted by molar-refractivity contribution is 6.02. The van der Waals surface area contributed by atoms with E-state index >= 15 is 0 Å². The fraction of sp³-hybridized carbons (Fsp3) is 0.388. The summed E-state index contributed by atoms with van der Waals surface area (Å²) in [6.07, 6.45) is 25.3. The number of methoxy groups -OCH3 is 4. The van der Waals surface area contributed by atoms with Crippen molar-refractivity contribution in [3.63, 3.8) is 0 Å². The summed E-state index contributed by atoms with van der Waals surface area (Å²) in [5.41, 5.74) is 17.0. The number of aromatic amines is 2. The Morgan fingerprint density at radius 2 is 0.831 bits per heavy atom. The zero-order valence-electron chi connectivity index (χ0n) is 73.9. The lowest BCUT2D eigenvalue weighted by Gasteiger charge is -2.31. The molecule has 6 aromatic carbocycles. The lowest BCUT2D eigenvalue weighted by Crippen LogP contribution is -2.40. The Bertz CT molecular complexity index is 6540. The molecule has 14 aromatic rings. The SMILES string of the molecule is COc1cc(C(=O)N2CCC(OC)CC2)ccc1Nc1nc(OC2CCCC2)c2c(-c3ccc4nc(C)oc4c3)c[nH]c2n1.COc1cc(C(=O)NC2CCCOC2)ccc1Nc1nc(OC2CCCC2)c2c(-c3ccc4nc(C)oc4c3)c[nH]c2n1.COc1cc(C(=O)NC2CCCOC2)ccc1Nc1nc2c(c(OC3CCCC3)n1)C(c1ccc3nc(C)oc3c1)=CC2. The Balaban J connectivity index is 0.000000126. The van der Waals surface area contributed by atoms with Crippen molar-refractivity contribution in [2.45, 2.75) is 179 Å². The van der Waals surface area contributed by atoms with E-state index in [2.05, 4.69) is 63.6 Å². The number of rotatable bonds is 24. The number of H-pyrrole nitrogens is 2. The Morgan fingerprint density at radius 3 is 1.26 bits per heavy atom. The average molecular weight is 1760 g/mol. The van der Waals surface area contributed by atoms with Crippen LogP contribution < -0.4 is 55.0 Å². The van der Waals surface area contributed by atoms with Crippen LogP contribution in [0.5, 0.6) is 34.9 Å². The summed E-state index contributed by atoms with van der Waals surface area (Å²) >= 11 is 0. The normalized spacial score (nSPS) is 17.3. The van der Waals surface area contributed by atoms with Crippen LogP contribution in [0.25, 0.3) is 83.2 Å². The summed E-state index contributed by atoms with van der Waals surface area (Å²) in [4.78, 5) is 89.9. The number of oxazole rings is 3. The van der Waals surface area contributed by atoms with Gasteiger partial charge in [-0.05, 0) is 229 Å². The molecule has 7 N–H and O–H groups in total. The number of hydrogen-bond acceptors (Lipinski definition) is 27. The maximum atomic E-state index is 13.2. The van der Waals surface area contributed by atoms with Crippen LogP contribution in [0.1, 0.15) is 181 Å². The van der Waals surface area contributed by atoms with Crippen molar-refractivity contribution in [2.75, 3.05) is 83.9 Å². The quantitative estimate of drug-likeness (QED) is 0.0295. The van der Waals surface area contributed by atoms with E-state index in [1.165, 1.54) is 0 Å². The van der Waals surface area contributed by atoms with Crippen molar-refractivity contribution in [2.24, 2.45) is 0 Å². The van der Waals surface area contributed by atoms with Gasteiger partial charge >= 0.3 is 0 Å². The molecule has 3 saturated heterocycles. The highest BCUT2D eigenvalue weighted by Gasteiger charge is 2.33. The van der Waals surface area contributed by atoms with Crippen molar-refractivity contribution < 1.29 is 70.3 Å². The Labute approximate surface area is 749 Å². The molecule has 7 aliphatic rings. The number of hydrogen-bond donors (Lipinski definition) is 7. The number of benzene rings is 6. The van der Waals surface area contributed by atoms with Gasteiger partial charge in [-0.25, -0.2) is 19.9 Å². The van der Waals surface area contributed by atoms with E-state index in [9.17, 15) is 14.4 Å². The molecular formula is C98H105N17O15. The molecular weight excluding hydrogens is 1660 g/mol. The minimum Gasteiger partial charge on any atom is -0.495 e. The fourth-order valence-electron chi connectivity index (χ4n) is 18.3. The largest absolute Gasteiger partial charge is 0.495 e. The van der Waals surface area contributed by atoms with Gasteiger partial charge in [0.15, 0.2) is 34.4 Å². The number of aryl methyl sites for hydroxylation is 3. The van der Waals surface area contributed by atoms with Gasteiger partial charge in [0, 0.05) is 101 Å². The molecule has 8 aromatic heterocycles. The topological polar surface area (TPSA) is 385 Å². The number of carbonyl (C=O) groups excluding carboxylic acids is 3. The number of amides is 3. The van der Waals surface area contributed by atoms with Crippen LogP contribution in [-0.2, 0) is 20.6 Å². The predicted molar refractivity (Wildman–Crippen MR) is 491 cm³/mol. The Morgan fingerprint density at radius 1 is 0.423 bits per heavy atom. The van der Waals surface area contributed by atoms with E-state index in [1.54, 1.807) is 70.9 Å². The second kappa shape index (κ2) is 38.3. The van der Waals surface area contributed by atoms with Crippen molar-refractivity contribution in [3.05, 3.63) is 179 Å². The number of carbonyl (C=O) groups is 3. The molecule has 21 rings (SSSR count). The summed E-state index contributed by atoms with van der Waals surface area (Å²) in [7, 11) is 6.46. The van der Waals surface area contributed by atoms with Crippen molar-refractivity contribution in [3.8, 4) is 57.1 Å². The number of aromatic nitrogens is 11. The molecule has 32 nitrogen and oxygen atoms in total. The van der Waals surface area contributed by atoms with Gasteiger partial charge in [0.25, 0.3) is 17.7 Å². The van der Waals surface area contributed by atoms with Gasteiger partial charge in [-0.15, -0.1) is 0 Å². The summed E-state index contributed by atoms with van der Waals surface area (Å²) in [5.74, 6) is 5.80. The van der Waals surface area contributed by atoms with Gasteiger partial charge in [0.2, 0.25) is 35.5 Å². The standard InChI is InChI=1S/C33H36N6O5.C33H35N5O5.C32H34N6O5/c1-19-35-26-10-8-20(16-28(26)43-19)24-18-34-30-29(24)31(44-23-6-4-5-7-23)38-33(37-30)36-25-11-9-21(17-27(25)42-3)32(40)39-14-12-22(41-2)13-15-39;1-19-34-26-12-9-20(16-29(26)42-19)24-11-14-27-30(24)32(43-23-7-3-4-8-23)38-33(37-27)36-25-13-10-21(17-28(25)40-2)31(39)35-22-6-5-15-41-18-22;1-18-34-25-11-9-19(14-27(25)42-18)23-16-33-29-28(23)31(43-22-7-3-4-8-22)38-32(37-29)36-24-12-10-20(15-26(24)40-2)30(39)35-21-6-5-13-41-17-21/h8-11,16-18,22-23H,4-7,12-15H2,1-3H3,(H2,34,36,37,38);9-13,16-17,22-23H,3-8,14-15,18H2,1-2H3,(H,35,39)(H,36,37,38);9-12,14-16,21-22H,3-8,13,17H2,1-2H3,(H,35,39)(H2,33,36,37,38). The third-order valence-electron chi connectivity index (χ3n) is 25.0. The third-order valence-corrected chi connectivity index (χ3v) is 25.0. The zero-order chi connectivity index (χ0) is 88.9. The summed E-state index contributed by atoms with van der Waals surface area (Å²) in [5, 5.41) is 17.6. The van der Waals surface area contributed by atoms with Gasteiger partial charge in [-0.2, -0.15) is 24.9 Å². The predicted octanol–water partition coefficient (Wildman–Crippen LogP) is 18.4. The van der Waals surface area contributed by atoms with Crippen LogP contribution in [0.4, 0.5) is 34.9 Å².